The second kappa shape index (κ2) is 6.11. The molecule has 0 heterocycles. The van der Waals surface area contributed by atoms with Gasteiger partial charge in [-0.3, -0.25) is 4.79 Å². The van der Waals surface area contributed by atoms with E-state index in [0.29, 0.717) is 11.8 Å². The molecule has 3 aliphatic rings. The fourth-order valence-electron chi connectivity index (χ4n) is 6.57. The van der Waals surface area contributed by atoms with Gasteiger partial charge in [0.05, 0.1) is 5.60 Å². The molecule has 5 unspecified atom stereocenters. The highest BCUT2D eigenvalue weighted by molar-refractivity contribution is 5.66. The highest BCUT2D eigenvalue weighted by Gasteiger charge is 2.57. The van der Waals surface area contributed by atoms with Gasteiger partial charge in [-0.2, -0.15) is 0 Å². The summed E-state index contributed by atoms with van der Waals surface area (Å²) in [6.07, 6.45) is 8.36. The molecule has 0 radical (unpaired) electrons. The highest BCUT2D eigenvalue weighted by Crippen LogP contribution is 2.63. The Kier molecular flexibility index (Phi) is 4.63. The molecule has 1 N–H and O–H groups in total. The molecular formula is C22H36O3. The summed E-state index contributed by atoms with van der Waals surface area (Å²) in [5, 5.41) is 11.0. The molecule has 0 aromatic carbocycles. The van der Waals surface area contributed by atoms with Crippen LogP contribution in [0.5, 0.6) is 0 Å². The van der Waals surface area contributed by atoms with Crippen molar-refractivity contribution in [1.29, 1.82) is 0 Å². The van der Waals surface area contributed by atoms with E-state index < -0.39 is 5.60 Å². The Labute approximate surface area is 153 Å². The summed E-state index contributed by atoms with van der Waals surface area (Å²) in [5.74, 6) is 1.26. The SMILES string of the molecule is CC(=O)OC1CC(C)(C)C2CCC3=CC(O)(C(C)C)CCC3C2(C)C1. The molecule has 0 aromatic heterocycles. The highest BCUT2D eigenvalue weighted by atomic mass is 16.5. The van der Waals surface area contributed by atoms with Crippen LogP contribution in [0.25, 0.3) is 0 Å². The third kappa shape index (κ3) is 3.18. The van der Waals surface area contributed by atoms with E-state index in [9.17, 15) is 9.90 Å². The monoisotopic (exact) mass is 348 g/mol. The molecule has 0 bridgehead atoms. The van der Waals surface area contributed by atoms with Crippen molar-refractivity contribution in [3.05, 3.63) is 11.6 Å². The van der Waals surface area contributed by atoms with Gasteiger partial charge in [0.15, 0.2) is 0 Å². The van der Waals surface area contributed by atoms with Crippen molar-refractivity contribution in [2.45, 2.75) is 91.8 Å². The van der Waals surface area contributed by atoms with Crippen molar-refractivity contribution in [2.24, 2.45) is 28.6 Å². The van der Waals surface area contributed by atoms with E-state index in [4.69, 9.17) is 4.74 Å². The second-order valence-corrected chi connectivity index (χ2v) is 10.2. The zero-order valence-electron chi connectivity index (χ0n) is 16.9. The summed E-state index contributed by atoms with van der Waals surface area (Å²) in [4.78, 5) is 11.6. The van der Waals surface area contributed by atoms with E-state index >= 15 is 0 Å². The number of hydrogen-bond acceptors (Lipinski definition) is 3. The summed E-state index contributed by atoms with van der Waals surface area (Å²) < 4.78 is 5.69. The van der Waals surface area contributed by atoms with Crippen LogP contribution in [-0.2, 0) is 9.53 Å². The van der Waals surface area contributed by atoms with Crippen LogP contribution < -0.4 is 0 Å². The third-order valence-corrected chi connectivity index (χ3v) is 7.73. The lowest BCUT2D eigenvalue weighted by atomic mass is 9.45. The first-order chi connectivity index (χ1) is 11.5. The molecule has 0 amide bonds. The van der Waals surface area contributed by atoms with Crippen molar-refractivity contribution < 1.29 is 14.6 Å². The Morgan fingerprint density at radius 3 is 2.52 bits per heavy atom. The van der Waals surface area contributed by atoms with Gasteiger partial charge < -0.3 is 9.84 Å². The molecule has 25 heavy (non-hydrogen) atoms. The average Bonchev–Trinajstić information content (AvgIpc) is 2.44. The minimum atomic E-state index is -0.644. The van der Waals surface area contributed by atoms with Gasteiger partial charge in [0.25, 0.3) is 0 Å². The van der Waals surface area contributed by atoms with Gasteiger partial charge in [-0.05, 0) is 67.1 Å². The number of aliphatic hydroxyl groups is 1. The average molecular weight is 349 g/mol. The van der Waals surface area contributed by atoms with Gasteiger partial charge in [-0.15, -0.1) is 0 Å². The predicted octanol–water partition coefficient (Wildman–Crippen LogP) is 4.88. The molecule has 3 heteroatoms. The molecule has 5 atom stereocenters. The van der Waals surface area contributed by atoms with Gasteiger partial charge in [-0.25, -0.2) is 0 Å². The third-order valence-electron chi connectivity index (χ3n) is 7.73. The fraction of sp³-hybridized carbons (Fsp3) is 0.864. The van der Waals surface area contributed by atoms with Crippen LogP contribution in [0.15, 0.2) is 11.6 Å². The van der Waals surface area contributed by atoms with E-state index in [0.717, 1.165) is 32.1 Å². The zero-order chi connectivity index (χ0) is 18.6. The van der Waals surface area contributed by atoms with Gasteiger partial charge in [0, 0.05) is 6.92 Å². The second-order valence-electron chi connectivity index (χ2n) is 10.2. The number of fused-ring (bicyclic) bond motifs is 3. The van der Waals surface area contributed by atoms with Gasteiger partial charge in [0.1, 0.15) is 6.10 Å². The maximum atomic E-state index is 11.6. The van der Waals surface area contributed by atoms with E-state index in [1.165, 1.54) is 18.9 Å². The fourth-order valence-corrected chi connectivity index (χ4v) is 6.57. The molecule has 2 saturated carbocycles. The van der Waals surface area contributed by atoms with Crippen LogP contribution in [0, 0.1) is 28.6 Å². The first-order valence-corrected chi connectivity index (χ1v) is 10.1. The first-order valence-electron chi connectivity index (χ1n) is 10.1. The van der Waals surface area contributed by atoms with Gasteiger partial charge >= 0.3 is 5.97 Å². The predicted molar refractivity (Wildman–Crippen MR) is 100.0 cm³/mol. The van der Waals surface area contributed by atoms with E-state index in [2.05, 4.69) is 40.7 Å². The van der Waals surface area contributed by atoms with Crippen molar-refractivity contribution in [2.75, 3.05) is 0 Å². The van der Waals surface area contributed by atoms with Crippen LogP contribution in [0.2, 0.25) is 0 Å². The first kappa shape index (κ1) is 18.9. The lowest BCUT2D eigenvalue weighted by Crippen LogP contribution is -2.55. The maximum Gasteiger partial charge on any atom is 0.302 e. The Balaban J connectivity index is 1.94. The smallest absolute Gasteiger partial charge is 0.302 e. The largest absolute Gasteiger partial charge is 0.463 e. The molecule has 3 rings (SSSR count). The number of ether oxygens (including phenoxy) is 1. The number of esters is 1. The Bertz CT molecular complexity index is 576. The number of allylic oxidation sites excluding steroid dienone is 1. The molecular weight excluding hydrogens is 312 g/mol. The molecule has 3 aliphatic carbocycles. The maximum absolute atomic E-state index is 11.6. The van der Waals surface area contributed by atoms with E-state index in [-0.39, 0.29) is 28.8 Å². The molecule has 0 saturated heterocycles. The molecule has 0 aliphatic heterocycles. The van der Waals surface area contributed by atoms with Crippen molar-refractivity contribution in [3.63, 3.8) is 0 Å². The normalized spacial score (nSPS) is 43.0. The van der Waals surface area contributed by atoms with E-state index in [1.807, 2.05) is 0 Å². The number of hydrogen-bond donors (Lipinski definition) is 1. The van der Waals surface area contributed by atoms with Crippen LogP contribution in [0.4, 0.5) is 0 Å². The Morgan fingerprint density at radius 1 is 1.24 bits per heavy atom. The van der Waals surface area contributed by atoms with Crippen LogP contribution >= 0.6 is 0 Å². The standard InChI is InChI=1S/C22H36O3/c1-14(2)22(24)10-9-18-16(11-22)7-8-19-20(4,5)12-17(25-15(3)23)13-21(18,19)6/h11,14,17-19,24H,7-10,12-13H2,1-6H3. The molecule has 0 aromatic rings. The van der Waals surface area contributed by atoms with Crippen LogP contribution in [-0.4, -0.2) is 22.8 Å². The zero-order valence-corrected chi connectivity index (χ0v) is 16.9. The molecule has 3 nitrogen and oxygen atoms in total. The number of carbonyl (C=O) groups excluding carboxylic acids is 1. The summed E-state index contributed by atoms with van der Waals surface area (Å²) in [5.41, 5.74) is 1.16. The van der Waals surface area contributed by atoms with Crippen LogP contribution in [0.3, 0.4) is 0 Å². The van der Waals surface area contributed by atoms with Crippen molar-refractivity contribution in [1.82, 2.24) is 0 Å². The van der Waals surface area contributed by atoms with Crippen molar-refractivity contribution in [3.8, 4) is 0 Å². The van der Waals surface area contributed by atoms with Crippen LogP contribution in [0.1, 0.15) is 80.1 Å². The summed E-state index contributed by atoms with van der Waals surface area (Å²) in [6, 6.07) is 0. The minimum Gasteiger partial charge on any atom is -0.463 e. The van der Waals surface area contributed by atoms with Crippen molar-refractivity contribution >= 4 is 5.97 Å². The Hall–Kier alpha value is -0.830. The number of carbonyl (C=O) groups is 1. The van der Waals surface area contributed by atoms with Gasteiger partial charge in [0.2, 0.25) is 0 Å². The molecule has 142 valence electrons. The lowest BCUT2D eigenvalue weighted by molar-refractivity contribution is -0.164. The lowest BCUT2D eigenvalue weighted by Gasteiger charge is -2.60. The van der Waals surface area contributed by atoms with E-state index in [1.54, 1.807) is 0 Å². The summed E-state index contributed by atoms with van der Waals surface area (Å²) in [7, 11) is 0. The summed E-state index contributed by atoms with van der Waals surface area (Å²) in [6.45, 7) is 12.9. The summed E-state index contributed by atoms with van der Waals surface area (Å²) >= 11 is 0. The van der Waals surface area contributed by atoms with Gasteiger partial charge in [-0.1, -0.05) is 46.3 Å². The molecule has 2 fully saturated rings. The quantitative estimate of drug-likeness (QED) is 0.571. The minimum absolute atomic E-state index is 0.0269. The molecule has 0 spiro atoms. The number of rotatable bonds is 2. The Morgan fingerprint density at radius 2 is 1.92 bits per heavy atom. The topological polar surface area (TPSA) is 46.5 Å².